The molecule has 1 aliphatic rings. The molecule has 0 spiro atoms. The number of hydrogen-bond acceptors (Lipinski definition) is 1. The van der Waals surface area contributed by atoms with E-state index in [9.17, 15) is 4.39 Å². The van der Waals surface area contributed by atoms with Crippen LogP contribution in [0.25, 0.3) is 0 Å². The predicted octanol–water partition coefficient (Wildman–Crippen LogP) is 4.72. The normalized spacial score (nSPS) is 29.1. The van der Waals surface area contributed by atoms with E-state index in [2.05, 4.69) is 19.2 Å². The van der Waals surface area contributed by atoms with Gasteiger partial charge in [0, 0.05) is 6.04 Å². The Kier molecular flexibility index (Phi) is 3.93. The average Bonchev–Trinajstić information content (AvgIpc) is 2.27. The number of halogens is 2. The van der Waals surface area contributed by atoms with Gasteiger partial charge < -0.3 is 5.32 Å². The molecule has 1 aliphatic carbocycles. The van der Waals surface area contributed by atoms with Gasteiger partial charge in [0.25, 0.3) is 0 Å². The Bertz CT molecular complexity index is 394. The molecule has 0 aliphatic heterocycles. The third-order valence-corrected chi connectivity index (χ3v) is 4.04. The SMILES string of the molecule is CC1CCC(C)C(Nc2ccc(F)cc2Cl)C1. The molecule has 0 heterocycles. The van der Waals surface area contributed by atoms with Crippen molar-refractivity contribution in [1.82, 2.24) is 0 Å². The van der Waals surface area contributed by atoms with Crippen molar-refractivity contribution < 1.29 is 4.39 Å². The summed E-state index contributed by atoms with van der Waals surface area (Å²) < 4.78 is 13.0. The van der Waals surface area contributed by atoms with E-state index in [-0.39, 0.29) is 5.82 Å². The lowest BCUT2D eigenvalue weighted by atomic mass is 9.80. The van der Waals surface area contributed by atoms with E-state index in [0.717, 1.165) is 18.0 Å². The van der Waals surface area contributed by atoms with E-state index in [4.69, 9.17) is 11.6 Å². The van der Waals surface area contributed by atoms with Crippen LogP contribution in [-0.4, -0.2) is 6.04 Å². The maximum absolute atomic E-state index is 13.0. The van der Waals surface area contributed by atoms with Crippen LogP contribution in [0.1, 0.15) is 33.1 Å². The summed E-state index contributed by atoms with van der Waals surface area (Å²) in [7, 11) is 0. The topological polar surface area (TPSA) is 12.0 Å². The Balaban J connectivity index is 2.08. The second kappa shape index (κ2) is 5.26. The summed E-state index contributed by atoms with van der Waals surface area (Å²) in [5.41, 5.74) is 0.846. The van der Waals surface area contributed by atoms with Crippen LogP contribution in [0.2, 0.25) is 5.02 Å². The maximum Gasteiger partial charge on any atom is 0.124 e. The van der Waals surface area contributed by atoms with Gasteiger partial charge in [-0.05, 0) is 42.9 Å². The molecule has 1 saturated carbocycles. The zero-order chi connectivity index (χ0) is 12.4. The molecule has 0 radical (unpaired) electrons. The number of anilines is 1. The minimum absolute atomic E-state index is 0.286. The van der Waals surface area contributed by atoms with Crippen molar-refractivity contribution in [2.45, 2.75) is 39.2 Å². The van der Waals surface area contributed by atoms with Crippen molar-refractivity contribution in [2.75, 3.05) is 5.32 Å². The van der Waals surface area contributed by atoms with Gasteiger partial charge in [-0.2, -0.15) is 0 Å². The Labute approximate surface area is 107 Å². The Morgan fingerprint density at radius 1 is 1.29 bits per heavy atom. The molecule has 2 rings (SSSR count). The molecular formula is C14H19ClFN. The molecule has 1 N–H and O–H groups in total. The largest absolute Gasteiger partial charge is 0.381 e. The molecule has 94 valence electrons. The van der Waals surface area contributed by atoms with E-state index < -0.39 is 0 Å². The van der Waals surface area contributed by atoms with Crippen LogP contribution >= 0.6 is 11.6 Å². The fraction of sp³-hybridized carbons (Fsp3) is 0.571. The Morgan fingerprint density at radius 2 is 2.06 bits per heavy atom. The van der Waals surface area contributed by atoms with Gasteiger partial charge >= 0.3 is 0 Å². The first-order valence-corrected chi connectivity index (χ1v) is 6.65. The van der Waals surface area contributed by atoms with Crippen molar-refractivity contribution in [1.29, 1.82) is 0 Å². The first-order chi connectivity index (χ1) is 8.06. The van der Waals surface area contributed by atoms with Gasteiger partial charge in [0.1, 0.15) is 5.82 Å². The highest BCUT2D eigenvalue weighted by molar-refractivity contribution is 6.33. The number of nitrogens with one attached hydrogen (secondary N) is 1. The van der Waals surface area contributed by atoms with Crippen LogP contribution in [0.4, 0.5) is 10.1 Å². The standard InChI is InChI=1S/C14H19ClFN/c1-9-3-4-10(2)14(7-9)17-13-6-5-11(16)8-12(13)15/h5-6,8-10,14,17H,3-4,7H2,1-2H3. The highest BCUT2D eigenvalue weighted by Crippen LogP contribution is 2.32. The molecular weight excluding hydrogens is 237 g/mol. The van der Waals surface area contributed by atoms with Crippen molar-refractivity contribution >= 4 is 17.3 Å². The molecule has 1 nitrogen and oxygen atoms in total. The Morgan fingerprint density at radius 3 is 2.76 bits per heavy atom. The van der Waals surface area contributed by atoms with Crippen LogP contribution < -0.4 is 5.32 Å². The van der Waals surface area contributed by atoms with Crippen LogP contribution in [0.5, 0.6) is 0 Å². The van der Waals surface area contributed by atoms with Gasteiger partial charge in [0.05, 0.1) is 10.7 Å². The molecule has 0 bridgehead atoms. The van der Waals surface area contributed by atoms with E-state index in [1.807, 2.05) is 0 Å². The number of hydrogen-bond donors (Lipinski definition) is 1. The lowest BCUT2D eigenvalue weighted by Gasteiger charge is -2.34. The monoisotopic (exact) mass is 255 g/mol. The third-order valence-electron chi connectivity index (χ3n) is 3.73. The van der Waals surface area contributed by atoms with Gasteiger partial charge in [0.15, 0.2) is 0 Å². The summed E-state index contributed by atoms with van der Waals surface area (Å²) in [4.78, 5) is 0. The molecule has 3 heteroatoms. The van der Waals surface area contributed by atoms with Gasteiger partial charge in [-0.25, -0.2) is 4.39 Å². The summed E-state index contributed by atoms with van der Waals surface area (Å²) in [5, 5.41) is 3.93. The van der Waals surface area contributed by atoms with E-state index in [1.54, 1.807) is 6.07 Å². The second-order valence-corrected chi connectivity index (χ2v) is 5.68. The number of benzene rings is 1. The molecule has 1 aromatic carbocycles. The summed E-state index contributed by atoms with van der Waals surface area (Å²) in [6.45, 7) is 4.55. The van der Waals surface area contributed by atoms with Crippen molar-refractivity contribution in [3.05, 3.63) is 29.0 Å². The van der Waals surface area contributed by atoms with E-state index in [1.165, 1.54) is 25.0 Å². The van der Waals surface area contributed by atoms with Crippen molar-refractivity contribution in [3.8, 4) is 0 Å². The minimum atomic E-state index is -0.286. The third kappa shape index (κ3) is 3.12. The van der Waals surface area contributed by atoms with E-state index >= 15 is 0 Å². The van der Waals surface area contributed by atoms with Gasteiger partial charge in [0.2, 0.25) is 0 Å². The zero-order valence-corrected chi connectivity index (χ0v) is 11.1. The maximum atomic E-state index is 13.0. The molecule has 1 aromatic rings. The van der Waals surface area contributed by atoms with Gasteiger partial charge in [-0.3, -0.25) is 0 Å². The quantitative estimate of drug-likeness (QED) is 0.807. The second-order valence-electron chi connectivity index (χ2n) is 5.27. The lowest BCUT2D eigenvalue weighted by molar-refractivity contribution is 0.280. The number of rotatable bonds is 2. The van der Waals surface area contributed by atoms with Crippen LogP contribution in [-0.2, 0) is 0 Å². The van der Waals surface area contributed by atoms with Gasteiger partial charge in [-0.1, -0.05) is 31.9 Å². The van der Waals surface area contributed by atoms with Crippen LogP contribution in [0, 0.1) is 17.7 Å². The highest BCUT2D eigenvalue weighted by atomic mass is 35.5. The van der Waals surface area contributed by atoms with Gasteiger partial charge in [-0.15, -0.1) is 0 Å². The summed E-state index contributed by atoms with van der Waals surface area (Å²) in [6, 6.07) is 4.98. The van der Waals surface area contributed by atoms with Crippen LogP contribution in [0.15, 0.2) is 18.2 Å². The molecule has 0 amide bonds. The Hall–Kier alpha value is -0.760. The fourth-order valence-corrected chi connectivity index (χ4v) is 2.76. The highest BCUT2D eigenvalue weighted by Gasteiger charge is 2.25. The lowest BCUT2D eigenvalue weighted by Crippen LogP contribution is -2.33. The predicted molar refractivity (Wildman–Crippen MR) is 71.0 cm³/mol. The smallest absolute Gasteiger partial charge is 0.124 e. The molecule has 0 aromatic heterocycles. The average molecular weight is 256 g/mol. The molecule has 3 unspecified atom stereocenters. The summed E-state index contributed by atoms with van der Waals surface area (Å²) in [5.74, 6) is 1.11. The van der Waals surface area contributed by atoms with Crippen molar-refractivity contribution in [2.24, 2.45) is 11.8 Å². The molecule has 17 heavy (non-hydrogen) atoms. The minimum Gasteiger partial charge on any atom is -0.381 e. The first-order valence-electron chi connectivity index (χ1n) is 6.28. The van der Waals surface area contributed by atoms with E-state index in [0.29, 0.717) is 17.0 Å². The zero-order valence-electron chi connectivity index (χ0n) is 10.3. The molecule has 1 fully saturated rings. The fourth-order valence-electron chi connectivity index (χ4n) is 2.54. The van der Waals surface area contributed by atoms with Crippen molar-refractivity contribution in [3.63, 3.8) is 0 Å². The summed E-state index contributed by atoms with van der Waals surface area (Å²) in [6.07, 6.45) is 3.71. The summed E-state index contributed by atoms with van der Waals surface area (Å²) >= 11 is 6.03. The van der Waals surface area contributed by atoms with Crippen LogP contribution in [0.3, 0.4) is 0 Å². The molecule has 0 saturated heterocycles. The first kappa shape index (κ1) is 12.7. The molecule has 3 atom stereocenters.